The summed E-state index contributed by atoms with van der Waals surface area (Å²) in [6, 6.07) is 2.44. The molecule has 110 valence electrons. The van der Waals surface area contributed by atoms with Gasteiger partial charge in [-0.25, -0.2) is 4.79 Å². The standard InChI is InChI=1S/C11H8Cl2F3NO3/c12-5-1-2-6(13)9(8(5)10(19)20)17-7(18)3-4-11(14,15)16/h1-2H,3-4H2,(H,17,18)(H,19,20). The Morgan fingerprint density at radius 2 is 1.75 bits per heavy atom. The van der Waals surface area contributed by atoms with Crippen LogP contribution in [0.4, 0.5) is 18.9 Å². The first-order valence-electron chi connectivity index (χ1n) is 5.19. The van der Waals surface area contributed by atoms with E-state index >= 15 is 0 Å². The Hall–Kier alpha value is -1.47. The molecule has 0 aliphatic carbocycles. The molecule has 0 unspecified atom stereocenters. The van der Waals surface area contributed by atoms with Crippen molar-refractivity contribution in [3.63, 3.8) is 0 Å². The van der Waals surface area contributed by atoms with Crippen molar-refractivity contribution >= 4 is 40.8 Å². The van der Waals surface area contributed by atoms with Gasteiger partial charge in [0, 0.05) is 6.42 Å². The summed E-state index contributed by atoms with van der Waals surface area (Å²) in [7, 11) is 0. The monoisotopic (exact) mass is 329 g/mol. The number of hydrogen-bond acceptors (Lipinski definition) is 2. The highest BCUT2D eigenvalue weighted by Gasteiger charge is 2.28. The van der Waals surface area contributed by atoms with Crippen LogP contribution in [-0.4, -0.2) is 23.2 Å². The van der Waals surface area contributed by atoms with Crippen molar-refractivity contribution in [2.24, 2.45) is 0 Å². The average molecular weight is 330 g/mol. The number of nitrogens with one attached hydrogen (secondary N) is 1. The minimum absolute atomic E-state index is 0.132. The first kappa shape index (κ1) is 16.6. The fraction of sp³-hybridized carbons (Fsp3) is 0.273. The van der Waals surface area contributed by atoms with E-state index in [1.165, 1.54) is 12.1 Å². The number of aromatic carboxylic acids is 1. The zero-order valence-electron chi connectivity index (χ0n) is 9.72. The number of anilines is 1. The van der Waals surface area contributed by atoms with E-state index in [-0.39, 0.29) is 15.7 Å². The Labute approximate surface area is 121 Å². The summed E-state index contributed by atoms with van der Waals surface area (Å²) < 4.78 is 36.0. The highest BCUT2D eigenvalue weighted by Crippen LogP contribution is 2.32. The topological polar surface area (TPSA) is 66.4 Å². The third kappa shape index (κ3) is 4.57. The van der Waals surface area contributed by atoms with E-state index in [9.17, 15) is 22.8 Å². The van der Waals surface area contributed by atoms with E-state index in [4.69, 9.17) is 28.3 Å². The van der Waals surface area contributed by atoms with Crippen LogP contribution in [0.15, 0.2) is 12.1 Å². The molecule has 9 heteroatoms. The van der Waals surface area contributed by atoms with Crippen LogP contribution in [0.3, 0.4) is 0 Å². The van der Waals surface area contributed by atoms with Gasteiger partial charge in [0.1, 0.15) is 5.56 Å². The molecule has 4 nitrogen and oxygen atoms in total. The number of carbonyl (C=O) groups excluding carboxylic acids is 1. The van der Waals surface area contributed by atoms with Gasteiger partial charge in [-0.05, 0) is 12.1 Å². The van der Waals surface area contributed by atoms with E-state index in [0.717, 1.165) is 0 Å². The van der Waals surface area contributed by atoms with E-state index in [2.05, 4.69) is 0 Å². The van der Waals surface area contributed by atoms with E-state index in [1.807, 2.05) is 5.32 Å². The molecule has 0 radical (unpaired) electrons. The van der Waals surface area contributed by atoms with E-state index in [1.54, 1.807) is 0 Å². The number of carboxylic acid groups (broad SMARTS) is 1. The zero-order chi connectivity index (χ0) is 15.5. The Morgan fingerprint density at radius 1 is 1.20 bits per heavy atom. The third-order valence-corrected chi connectivity index (χ3v) is 2.85. The summed E-state index contributed by atoms with van der Waals surface area (Å²) in [5.74, 6) is -2.46. The van der Waals surface area contributed by atoms with Gasteiger partial charge >= 0.3 is 12.1 Å². The fourth-order valence-electron chi connectivity index (χ4n) is 1.34. The van der Waals surface area contributed by atoms with Crippen LogP contribution in [0.25, 0.3) is 0 Å². The molecule has 0 atom stereocenters. The lowest BCUT2D eigenvalue weighted by molar-refractivity contribution is -0.142. The van der Waals surface area contributed by atoms with Gasteiger partial charge in [-0.3, -0.25) is 4.79 Å². The molecule has 2 N–H and O–H groups in total. The van der Waals surface area contributed by atoms with Gasteiger partial charge in [0.2, 0.25) is 5.91 Å². The van der Waals surface area contributed by atoms with Crippen LogP contribution in [-0.2, 0) is 4.79 Å². The van der Waals surface area contributed by atoms with Crippen LogP contribution in [0, 0.1) is 0 Å². The Bertz CT molecular complexity index is 546. The number of benzene rings is 1. The van der Waals surface area contributed by atoms with E-state index in [0.29, 0.717) is 0 Å². The molecule has 0 saturated carbocycles. The van der Waals surface area contributed by atoms with Crippen molar-refractivity contribution in [2.75, 3.05) is 5.32 Å². The Balaban J connectivity index is 2.95. The van der Waals surface area contributed by atoms with Crippen molar-refractivity contribution in [1.29, 1.82) is 0 Å². The summed E-state index contributed by atoms with van der Waals surface area (Å²) in [5.41, 5.74) is -0.793. The highest BCUT2D eigenvalue weighted by atomic mass is 35.5. The van der Waals surface area contributed by atoms with Gasteiger partial charge in [-0.2, -0.15) is 13.2 Å². The molecule has 20 heavy (non-hydrogen) atoms. The lowest BCUT2D eigenvalue weighted by Crippen LogP contribution is -2.18. The fourth-order valence-corrected chi connectivity index (χ4v) is 1.78. The molecule has 0 aliphatic rings. The first-order chi connectivity index (χ1) is 9.11. The number of carboxylic acids is 1. The molecule has 0 heterocycles. The number of carbonyl (C=O) groups is 2. The molecule has 0 spiro atoms. The van der Waals surface area contributed by atoms with Gasteiger partial charge in [0.05, 0.1) is 22.2 Å². The average Bonchev–Trinajstić information content (AvgIpc) is 2.30. The third-order valence-electron chi connectivity index (χ3n) is 2.22. The maximum atomic E-state index is 12.0. The second kappa shape index (κ2) is 6.32. The minimum atomic E-state index is -4.48. The largest absolute Gasteiger partial charge is 0.478 e. The lowest BCUT2D eigenvalue weighted by Gasteiger charge is -2.12. The molecular formula is C11H8Cl2F3NO3. The van der Waals surface area contributed by atoms with Crippen LogP contribution >= 0.6 is 23.2 Å². The summed E-state index contributed by atoms with van der Waals surface area (Å²) >= 11 is 11.4. The van der Waals surface area contributed by atoms with Crippen LogP contribution < -0.4 is 5.32 Å². The van der Waals surface area contributed by atoms with Gasteiger partial charge in [-0.15, -0.1) is 0 Å². The molecular weight excluding hydrogens is 322 g/mol. The van der Waals surface area contributed by atoms with Crippen molar-refractivity contribution in [3.05, 3.63) is 27.7 Å². The number of halogens is 5. The maximum Gasteiger partial charge on any atom is 0.389 e. The van der Waals surface area contributed by atoms with E-state index < -0.39 is 36.5 Å². The molecule has 0 bridgehead atoms. The van der Waals surface area contributed by atoms with Crippen molar-refractivity contribution in [1.82, 2.24) is 0 Å². The summed E-state index contributed by atoms with van der Waals surface area (Å²) in [4.78, 5) is 22.4. The molecule has 1 rings (SSSR count). The van der Waals surface area contributed by atoms with Crippen molar-refractivity contribution in [2.45, 2.75) is 19.0 Å². The maximum absolute atomic E-state index is 12.0. The minimum Gasteiger partial charge on any atom is -0.478 e. The molecule has 0 saturated heterocycles. The second-order valence-corrected chi connectivity index (χ2v) is 4.56. The second-order valence-electron chi connectivity index (χ2n) is 3.75. The van der Waals surface area contributed by atoms with Gasteiger partial charge in [-0.1, -0.05) is 23.2 Å². The molecule has 0 fully saturated rings. The number of amides is 1. The van der Waals surface area contributed by atoms with Crippen molar-refractivity contribution < 1.29 is 27.9 Å². The smallest absolute Gasteiger partial charge is 0.389 e. The zero-order valence-corrected chi connectivity index (χ0v) is 11.2. The SMILES string of the molecule is O=C(CCC(F)(F)F)Nc1c(Cl)ccc(Cl)c1C(=O)O. The molecule has 1 aromatic carbocycles. The lowest BCUT2D eigenvalue weighted by atomic mass is 10.1. The first-order valence-corrected chi connectivity index (χ1v) is 5.95. The molecule has 0 aliphatic heterocycles. The van der Waals surface area contributed by atoms with Crippen LogP contribution in [0.5, 0.6) is 0 Å². The van der Waals surface area contributed by atoms with Gasteiger partial charge in [0.25, 0.3) is 0 Å². The summed E-state index contributed by atoms with van der Waals surface area (Å²) in [6.45, 7) is 0. The normalized spacial score (nSPS) is 11.2. The van der Waals surface area contributed by atoms with Gasteiger partial charge < -0.3 is 10.4 Å². The number of alkyl halides is 3. The number of rotatable bonds is 4. The van der Waals surface area contributed by atoms with Crippen LogP contribution in [0.2, 0.25) is 10.0 Å². The highest BCUT2D eigenvalue weighted by molar-refractivity contribution is 6.38. The van der Waals surface area contributed by atoms with Crippen molar-refractivity contribution in [3.8, 4) is 0 Å². The van der Waals surface area contributed by atoms with Gasteiger partial charge in [0.15, 0.2) is 0 Å². The summed E-state index contributed by atoms with van der Waals surface area (Å²) in [5, 5.41) is 10.7. The Kier molecular flexibility index (Phi) is 5.24. The quantitative estimate of drug-likeness (QED) is 0.878. The Morgan fingerprint density at radius 3 is 2.25 bits per heavy atom. The molecule has 0 aromatic heterocycles. The van der Waals surface area contributed by atoms with Crippen LogP contribution in [0.1, 0.15) is 23.2 Å². The predicted molar refractivity (Wildman–Crippen MR) is 67.3 cm³/mol. The number of hydrogen-bond donors (Lipinski definition) is 2. The predicted octanol–water partition coefficient (Wildman–Crippen LogP) is 3.97. The molecule has 1 aromatic rings. The molecule has 1 amide bonds. The summed E-state index contributed by atoms with van der Waals surface area (Å²) in [6.07, 6.45) is -6.64.